The van der Waals surface area contributed by atoms with Crippen molar-refractivity contribution in [3.63, 3.8) is 0 Å². The van der Waals surface area contributed by atoms with E-state index in [1.165, 1.54) is 4.90 Å². The number of nitrogens with zero attached hydrogens (tertiary/aromatic N) is 2. The fourth-order valence-electron chi connectivity index (χ4n) is 2.87. The summed E-state index contributed by atoms with van der Waals surface area (Å²) >= 11 is 0. The molecule has 0 unspecified atom stereocenters. The van der Waals surface area contributed by atoms with Gasteiger partial charge in [0.25, 0.3) is 11.7 Å². The number of Topliss-reactive ketones (excluding diaryl/α,β-unsaturated/α-hetero) is 1. The molecule has 0 aliphatic carbocycles. The minimum absolute atomic E-state index is 0.408. The van der Waals surface area contributed by atoms with Crippen LogP contribution in [0.2, 0.25) is 0 Å². The molecule has 0 bridgehead atoms. The summed E-state index contributed by atoms with van der Waals surface area (Å²) in [6, 6.07) is 15.5. The summed E-state index contributed by atoms with van der Waals surface area (Å²) in [5.41, 5.74) is 2.39. The standard InChI is InChI=1S/C21H22N2O3/c1-4-23-13-18(20(24)21(25)22(2)3)17-12-16(10-11-19(17)23)26-14-15-8-6-5-7-9-15/h5-13H,4,14H2,1-3H3. The van der Waals surface area contributed by atoms with Crippen LogP contribution in [0.4, 0.5) is 0 Å². The summed E-state index contributed by atoms with van der Waals surface area (Å²) in [4.78, 5) is 26.0. The van der Waals surface area contributed by atoms with E-state index < -0.39 is 11.7 Å². The minimum atomic E-state index is -0.532. The molecule has 0 spiro atoms. The maximum absolute atomic E-state index is 12.6. The van der Waals surface area contributed by atoms with Crippen LogP contribution in [0.15, 0.2) is 54.7 Å². The van der Waals surface area contributed by atoms with Crippen molar-refractivity contribution in [1.82, 2.24) is 9.47 Å². The predicted octanol–water partition coefficient (Wildman–Crippen LogP) is 3.51. The quantitative estimate of drug-likeness (QED) is 0.505. The number of likely N-dealkylation sites (N-methyl/N-ethyl adjacent to an activating group) is 1. The van der Waals surface area contributed by atoms with Gasteiger partial charge in [-0.25, -0.2) is 0 Å². The molecule has 3 rings (SSSR count). The lowest BCUT2D eigenvalue weighted by atomic mass is 10.1. The van der Waals surface area contributed by atoms with E-state index in [-0.39, 0.29) is 0 Å². The zero-order chi connectivity index (χ0) is 18.7. The van der Waals surface area contributed by atoms with E-state index in [1.54, 1.807) is 20.3 Å². The Morgan fingerprint density at radius 1 is 1.08 bits per heavy atom. The van der Waals surface area contributed by atoms with Crippen molar-refractivity contribution in [3.05, 3.63) is 65.9 Å². The molecule has 0 saturated heterocycles. The van der Waals surface area contributed by atoms with Crippen molar-refractivity contribution in [1.29, 1.82) is 0 Å². The molecular weight excluding hydrogens is 328 g/mol. The summed E-state index contributed by atoms with van der Waals surface area (Å²) in [5, 5.41) is 0.734. The lowest BCUT2D eigenvalue weighted by Gasteiger charge is -2.09. The van der Waals surface area contributed by atoms with Crippen LogP contribution in [0.25, 0.3) is 10.9 Å². The molecule has 0 fully saturated rings. The molecule has 0 saturated carbocycles. The second kappa shape index (κ2) is 7.44. The molecule has 0 radical (unpaired) electrons. The van der Waals surface area contributed by atoms with Crippen molar-refractivity contribution in [2.75, 3.05) is 14.1 Å². The summed E-state index contributed by atoms with van der Waals surface area (Å²) in [6.45, 7) is 3.16. The van der Waals surface area contributed by atoms with Crippen LogP contribution >= 0.6 is 0 Å². The first-order valence-corrected chi connectivity index (χ1v) is 8.57. The zero-order valence-electron chi connectivity index (χ0n) is 15.2. The van der Waals surface area contributed by atoms with Gasteiger partial charge in [0.2, 0.25) is 0 Å². The molecule has 1 aromatic heterocycles. The normalized spacial score (nSPS) is 10.7. The molecule has 0 N–H and O–H groups in total. The molecule has 0 atom stereocenters. The van der Waals surface area contributed by atoms with Gasteiger partial charge in [-0.1, -0.05) is 30.3 Å². The lowest BCUT2D eigenvalue weighted by Crippen LogP contribution is -2.29. The van der Waals surface area contributed by atoms with E-state index in [4.69, 9.17) is 4.74 Å². The summed E-state index contributed by atoms with van der Waals surface area (Å²) in [5.74, 6) is -0.371. The van der Waals surface area contributed by atoms with Crippen LogP contribution in [0, 0.1) is 0 Å². The number of ketones is 1. The molecule has 5 nitrogen and oxygen atoms in total. The van der Waals surface area contributed by atoms with Crippen LogP contribution in [0.3, 0.4) is 0 Å². The molecule has 26 heavy (non-hydrogen) atoms. The highest BCUT2D eigenvalue weighted by Crippen LogP contribution is 2.27. The van der Waals surface area contributed by atoms with Crippen LogP contribution < -0.4 is 4.74 Å². The highest BCUT2D eigenvalue weighted by Gasteiger charge is 2.23. The van der Waals surface area contributed by atoms with Crippen LogP contribution in [-0.4, -0.2) is 35.3 Å². The Morgan fingerprint density at radius 2 is 1.81 bits per heavy atom. The largest absolute Gasteiger partial charge is 0.489 e. The Hall–Kier alpha value is -3.08. The van der Waals surface area contributed by atoms with Crippen LogP contribution in [0.1, 0.15) is 22.8 Å². The van der Waals surface area contributed by atoms with Crippen LogP contribution in [0.5, 0.6) is 5.75 Å². The van der Waals surface area contributed by atoms with Gasteiger partial charge in [0.05, 0.1) is 5.56 Å². The average Bonchev–Trinajstić information content (AvgIpc) is 3.04. The van der Waals surface area contributed by atoms with E-state index in [9.17, 15) is 9.59 Å². The first-order valence-electron chi connectivity index (χ1n) is 8.57. The number of aromatic nitrogens is 1. The highest BCUT2D eigenvalue weighted by atomic mass is 16.5. The van der Waals surface area contributed by atoms with Gasteiger partial charge in [-0.3, -0.25) is 9.59 Å². The minimum Gasteiger partial charge on any atom is -0.489 e. The number of hydrogen-bond acceptors (Lipinski definition) is 3. The highest BCUT2D eigenvalue weighted by molar-refractivity contribution is 6.44. The number of benzene rings is 2. The smallest absolute Gasteiger partial charge is 0.294 e. The molecule has 5 heteroatoms. The second-order valence-corrected chi connectivity index (χ2v) is 6.31. The summed E-state index contributed by atoms with van der Waals surface area (Å²) in [6.07, 6.45) is 1.75. The van der Waals surface area contributed by atoms with Crippen molar-refractivity contribution >= 4 is 22.6 Å². The van der Waals surface area contributed by atoms with E-state index >= 15 is 0 Å². The predicted molar refractivity (Wildman–Crippen MR) is 101 cm³/mol. The van der Waals surface area contributed by atoms with Gasteiger partial charge in [0.1, 0.15) is 12.4 Å². The molecule has 1 heterocycles. The van der Waals surface area contributed by atoms with Gasteiger partial charge in [0.15, 0.2) is 0 Å². The van der Waals surface area contributed by atoms with Gasteiger partial charge in [-0.15, -0.1) is 0 Å². The van der Waals surface area contributed by atoms with E-state index in [1.807, 2.05) is 60.0 Å². The first kappa shape index (κ1) is 17.7. The number of aryl methyl sites for hydroxylation is 1. The second-order valence-electron chi connectivity index (χ2n) is 6.31. The molecule has 134 valence electrons. The van der Waals surface area contributed by atoms with Gasteiger partial charge in [-0.05, 0) is 30.7 Å². The fraction of sp³-hybridized carbons (Fsp3) is 0.238. The monoisotopic (exact) mass is 350 g/mol. The molecule has 0 aliphatic heterocycles. The fourth-order valence-corrected chi connectivity index (χ4v) is 2.87. The molecular formula is C21H22N2O3. The Kier molecular flexibility index (Phi) is 5.07. The topological polar surface area (TPSA) is 51.5 Å². The van der Waals surface area contributed by atoms with E-state index in [0.717, 1.165) is 16.5 Å². The molecule has 0 aliphatic rings. The molecule has 3 aromatic rings. The average molecular weight is 350 g/mol. The Labute approximate surface area is 152 Å². The summed E-state index contributed by atoms with van der Waals surface area (Å²) < 4.78 is 7.83. The third-order valence-corrected chi connectivity index (χ3v) is 4.29. The number of hydrogen-bond donors (Lipinski definition) is 0. The van der Waals surface area contributed by atoms with E-state index in [2.05, 4.69) is 0 Å². The summed E-state index contributed by atoms with van der Waals surface area (Å²) in [7, 11) is 3.15. The third kappa shape index (κ3) is 3.47. The van der Waals surface area contributed by atoms with Gasteiger partial charge in [-0.2, -0.15) is 0 Å². The Morgan fingerprint density at radius 3 is 2.46 bits per heavy atom. The van der Waals surface area contributed by atoms with E-state index in [0.29, 0.717) is 24.5 Å². The lowest BCUT2D eigenvalue weighted by molar-refractivity contribution is -0.124. The number of carbonyl (C=O) groups excluding carboxylic acids is 2. The number of ether oxygens (including phenoxy) is 1. The number of carbonyl (C=O) groups is 2. The van der Waals surface area contributed by atoms with Gasteiger partial charge in [0, 0.05) is 37.7 Å². The number of fused-ring (bicyclic) bond motifs is 1. The van der Waals surface area contributed by atoms with Crippen molar-refractivity contribution in [2.24, 2.45) is 0 Å². The van der Waals surface area contributed by atoms with Gasteiger partial charge < -0.3 is 14.2 Å². The Balaban J connectivity index is 1.95. The third-order valence-electron chi connectivity index (χ3n) is 4.29. The molecule has 2 aromatic carbocycles. The number of amides is 1. The SMILES string of the molecule is CCn1cc(C(=O)C(=O)N(C)C)c2cc(OCc3ccccc3)ccc21. The first-order chi connectivity index (χ1) is 12.5. The van der Waals surface area contributed by atoms with Gasteiger partial charge >= 0.3 is 0 Å². The Bertz CT molecular complexity index is 943. The maximum atomic E-state index is 12.6. The van der Waals surface area contributed by atoms with Crippen molar-refractivity contribution in [3.8, 4) is 5.75 Å². The van der Waals surface area contributed by atoms with Crippen molar-refractivity contribution in [2.45, 2.75) is 20.1 Å². The van der Waals surface area contributed by atoms with Crippen LogP contribution in [-0.2, 0) is 17.9 Å². The molecule has 1 amide bonds. The number of rotatable bonds is 6. The van der Waals surface area contributed by atoms with Crippen molar-refractivity contribution < 1.29 is 14.3 Å². The maximum Gasteiger partial charge on any atom is 0.294 e. The zero-order valence-corrected chi connectivity index (χ0v) is 15.2.